The molecule has 5 heteroatoms. The lowest BCUT2D eigenvalue weighted by Crippen LogP contribution is -2.23. The van der Waals surface area contributed by atoms with E-state index in [1.54, 1.807) is 22.9 Å². The van der Waals surface area contributed by atoms with Crippen molar-refractivity contribution in [1.82, 2.24) is 14.5 Å². The fourth-order valence-electron chi connectivity index (χ4n) is 3.15. The van der Waals surface area contributed by atoms with E-state index in [0.717, 1.165) is 16.8 Å². The molecule has 0 saturated heterocycles. The van der Waals surface area contributed by atoms with E-state index in [4.69, 9.17) is 0 Å². The maximum atomic E-state index is 12.5. The van der Waals surface area contributed by atoms with Crippen LogP contribution in [-0.2, 0) is 13.1 Å². The SMILES string of the molecule is O=C(NCc1ccc(Cn2ccccc2=O)cc1)c1cccc(-n2cccc2)c1. The number of benzene rings is 2. The van der Waals surface area contributed by atoms with E-state index in [1.165, 1.54) is 0 Å². The highest BCUT2D eigenvalue weighted by Crippen LogP contribution is 2.12. The molecule has 2 aromatic carbocycles. The van der Waals surface area contributed by atoms with Gasteiger partial charge in [-0.3, -0.25) is 9.59 Å². The van der Waals surface area contributed by atoms with Crippen LogP contribution in [0.1, 0.15) is 21.5 Å². The van der Waals surface area contributed by atoms with Crippen LogP contribution in [0.2, 0.25) is 0 Å². The third kappa shape index (κ3) is 4.52. The lowest BCUT2D eigenvalue weighted by Gasteiger charge is -2.09. The maximum Gasteiger partial charge on any atom is 0.251 e. The van der Waals surface area contributed by atoms with E-state index in [2.05, 4.69) is 5.32 Å². The summed E-state index contributed by atoms with van der Waals surface area (Å²) in [6.07, 6.45) is 5.67. The molecule has 1 amide bonds. The number of carbonyl (C=O) groups excluding carboxylic acids is 1. The van der Waals surface area contributed by atoms with Crippen molar-refractivity contribution in [2.45, 2.75) is 13.1 Å². The first-order valence-corrected chi connectivity index (χ1v) is 9.44. The van der Waals surface area contributed by atoms with Crippen molar-refractivity contribution in [3.63, 3.8) is 0 Å². The molecule has 0 fully saturated rings. The monoisotopic (exact) mass is 383 g/mol. The molecule has 144 valence electrons. The van der Waals surface area contributed by atoms with Crippen molar-refractivity contribution in [2.24, 2.45) is 0 Å². The molecule has 4 rings (SSSR count). The van der Waals surface area contributed by atoms with Crippen molar-refractivity contribution in [1.29, 1.82) is 0 Å². The molecule has 0 saturated carbocycles. The number of pyridine rings is 1. The highest BCUT2D eigenvalue weighted by atomic mass is 16.1. The average molecular weight is 383 g/mol. The minimum absolute atomic E-state index is 0.0222. The molecule has 0 unspecified atom stereocenters. The number of amides is 1. The first-order valence-electron chi connectivity index (χ1n) is 9.44. The molecule has 0 atom stereocenters. The van der Waals surface area contributed by atoms with Crippen LogP contribution in [0.5, 0.6) is 0 Å². The largest absolute Gasteiger partial charge is 0.348 e. The molecule has 0 aliphatic rings. The Balaban J connectivity index is 1.38. The number of nitrogens with zero attached hydrogens (tertiary/aromatic N) is 2. The van der Waals surface area contributed by atoms with E-state index in [9.17, 15) is 9.59 Å². The molecular weight excluding hydrogens is 362 g/mol. The van der Waals surface area contributed by atoms with Gasteiger partial charge in [-0.05, 0) is 47.5 Å². The van der Waals surface area contributed by atoms with Crippen molar-refractivity contribution in [3.05, 3.63) is 124 Å². The zero-order valence-corrected chi connectivity index (χ0v) is 15.9. The van der Waals surface area contributed by atoms with Gasteiger partial charge in [0.25, 0.3) is 11.5 Å². The highest BCUT2D eigenvalue weighted by Gasteiger charge is 2.07. The summed E-state index contributed by atoms with van der Waals surface area (Å²) in [6.45, 7) is 0.969. The summed E-state index contributed by atoms with van der Waals surface area (Å²) in [5.41, 5.74) is 3.59. The van der Waals surface area contributed by atoms with Crippen molar-refractivity contribution in [2.75, 3.05) is 0 Å². The van der Waals surface area contributed by atoms with Gasteiger partial charge in [0.05, 0.1) is 6.54 Å². The third-order valence-electron chi connectivity index (χ3n) is 4.74. The third-order valence-corrected chi connectivity index (χ3v) is 4.74. The molecule has 0 spiro atoms. The minimum atomic E-state index is -0.112. The lowest BCUT2D eigenvalue weighted by molar-refractivity contribution is 0.0951. The number of carbonyl (C=O) groups is 1. The van der Waals surface area contributed by atoms with Crippen LogP contribution < -0.4 is 10.9 Å². The Morgan fingerprint density at radius 1 is 0.793 bits per heavy atom. The number of aromatic nitrogens is 2. The molecule has 4 aromatic rings. The van der Waals surface area contributed by atoms with Crippen molar-refractivity contribution in [3.8, 4) is 5.69 Å². The summed E-state index contributed by atoms with van der Waals surface area (Å²) in [4.78, 5) is 24.3. The van der Waals surface area contributed by atoms with Gasteiger partial charge in [-0.1, -0.05) is 36.4 Å². The van der Waals surface area contributed by atoms with Crippen LogP contribution in [0, 0.1) is 0 Å². The van der Waals surface area contributed by atoms with Crippen molar-refractivity contribution >= 4 is 5.91 Å². The van der Waals surface area contributed by atoms with Gasteiger partial charge in [-0.2, -0.15) is 0 Å². The van der Waals surface area contributed by atoms with E-state index in [0.29, 0.717) is 18.7 Å². The second-order valence-corrected chi connectivity index (χ2v) is 6.81. The molecule has 2 heterocycles. The van der Waals surface area contributed by atoms with Crippen molar-refractivity contribution < 1.29 is 4.79 Å². The summed E-state index contributed by atoms with van der Waals surface area (Å²) in [5, 5.41) is 2.96. The van der Waals surface area contributed by atoms with Gasteiger partial charge >= 0.3 is 0 Å². The second-order valence-electron chi connectivity index (χ2n) is 6.81. The van der Waals surface area contributed by atoms with Gasteiger partial charge in [0, 0.05) is 42.5 Å². The topological polar surface area (TPSA) is 56.0 Å². The first-order chi connectivity index (χ1) is 14.2. The van der Waals surface area contributed by atoms with Crippen LogP contribution in [0.25, 0.3) is 5.69 Å². The quantitative estimate of drug-likeness (QED) is 0.553. The Bertz CT molecular complexity index is 1160. The van der Waals surface area contributed by atoms with Crippen LogP contribution in [0.15, 0.2) is 102 Å². The summed E-state index contributed by atoms with van der Waals surface area (Å²) in [7, 11) is 0. The molecule has 0 aliphatic heterocycles. The van der Waals surface area contributed by atoms with E-state index in [-0.39, 0.29) is 11.5 Å². The second kappa shape index (κ2) is 8.44. The Hall–Kier alpha value is -3.86. The van der Waals surface area contributed by atoms with Crippen LogP contribution >= 0.6 is 0 Å². The minimum Gasteiger partial charge on any atom is -0.348 e. The van der Waals surface area contributed by atoms with Gasteiger partial charge in [-0.15, -0.1) is 0 Å². The molecule has 2 aromatic heterocycles. The fourth-order valence-corrected chi connectivity index (χ4v) is 3.15. The molecule has 0 radical (unpaired) electrons. The number of rotatable bonds is 6. The van der Waals surface area contributed by atoms with Gasteiger partial charge in [-0.25, -0.2) is 0 Å². The number of hydrogen-bond donors (Lipinski definition) is 1. The van der Waals surface area contributed by atoms with Crippen LogP contribution in [0.4, 0.5) is 0 Å². The lowest BCUT2D eigenvalue weighted by atomic mass is 10.1. The summed E-state index contributed by atoms with van der Waals surface area (Å²) in [6, 6.07) is 24.5. The molecule has 1 N–H and O–H groups in total. The Labute approximate surface area is 168 Å². The molecule has 29 heavy (non-hydrogen) atoms. The average Bonchev–Trinajstić information content (AvgIpc) is 3.30. The maximum absolute atomic E-state index is 12.5. The summed E-state index contributed by atoms with van der Waals surface area (Å²) in [5.74, 6) is -0.112. The van der Waals surface area contributed by atoms with Gasteiger partial charge < -0.3 is 14.5 Å². The molecule has 0 aliphatic carbocycles. The summed E-state index contributed by atoms with van der Waals surface area (Å²) < 4.78 is 3.63. The zero-order valence-electron chi connectivity index (χ0n) is 15.9. The molecule has 5 nitrogen and oxygen atoms in total. The zero-order chi connectivity index (χ0) is 20.1. The van der Waals surface area contributed by atoms with Gasteiger partial charge in [0.1, 0.15) is 0 Å². The Morgan fingerprint density at radius 3 is 2.28 bits per heavy atom. The predicted octanol–water partition coefficient (Wildman–Crippen LogP) is 3.62. The predicted molar refractivity (Wildman–Crippen MR) is 113 cm³/mol. The van der Waals surface area contributed by atoms with Crippen LogP contribution in [0.3, 0.4) is 0 Å². The molecular formula is C24H21N3O2. The Kier molecular flexibility index (Phi) is 5.38. The standard InChI is InChI=1S/C24H21N3O2/c28-23-8-1-2-15-27(23)18-20-11-9-19(10-12-20)17-25-24(29)21-6-5-7-22(16-21)26-13-3-4-14-26/h1-16H,17-18H2,(H,25,29). The van der Waals surface area contributed by atoms with E-state index >= 15 is 0 Å². The number of nitrogens with one attached hydrogen (secondary N) is 1. The first kappa shape index (κ1) is 18.5. The van der Waals surface area contributed by atoms with Gasteiger partial charge in [0.15, 0.2) is 0 Å². The van der Waals surface area contributed by atoms with E-state index < -0.39 is 0 Å². The van der Waals surface area contributed by atoms with E-state index in [1.807, 2.05) is 83.7 Å². The Morgan fingerprint density at radius 2 is 1.52 bits per heavy atom. The smallest absolute Gasteiger partial charge is 0.251 e. The summed E-state index contributed by atoms with van der Waals surface area (Å²) >= 11 is 0. The molecule has 0 bridgehead atoms. The normalized spacial score (nSPS) is 10.6. The number of hydrogen-bond acceptors (Lipinski definition) is 2. The van der Waals surface area contributed by atoms with Gasteiger partial charge in [0.2, 0.25) is 0 Å². The highest BCUT2D eigenvalue weighted by molar-refractivity contribution is 5.94. The van der Waals surface area contributed by atoms with Crippen LogP contribution in [-0.4, -0.2) is 15.0 Å². The fraction of sp³-hybridized carbons (Fsp3) is 0.0833.